The van der Waals surface area contributed by atoms with Gasteiger partial charge in [-0.25, -0.2) is 0 Å². The van der Waals surface area contributed by atoms with Gasteiger partial charge >= 0.3 is 229 Å². The van der Waals surface area contributed by atoms with Crippen LogP contribution in [-0.2, 0) is 4.74 Å². The van der Waals surface area contributed by atoms with Crippen LogP contribution in [0.15, 0.2) is 52.8 Å². The van der Waals surface area contributed by atoms with Crippen molar-refractivity contribution in [1.82, 2.24) is 0 Å². The van der Waals surface area contributed by atoms with Crippen LogP contribution in [0.1, 0.15) is 92.6 Å². The molecular formula is C36H37N3O9SSe. The van der Waals surface area contributed by atoms with Crippen LogP contribution in [0.3, 0.4) is 0 Å². The van der Waals surface area contributed by atoms with Crippen molar-refractivity contribution in [2.24, 2.45) is 0 Å². The topological polar surface area (TPSA) is 165 Å². The van der Waals surface area contributed by atoms with E-state index in [9.17, 15) is 35.1 Å². The first-order valence-electron chi connectivity index (χ1n) is 16.5. The van der Waals surface area contributed by atoms with Gasteiger partial charge in [0.05, 0.1) is 0 Å². The van der Waals surface area contributed by atoms with E-state index in [4.69, 9.17) is 9.47 Å². The molecular weight excluding hydrogens is 729 g/mol. The molecule has 12 nitrogen and oxygen atoms in total. The molecule has 5 rings (SSSR count). The quantitative estimate of drug-likeness (QED) is 0.0342. The van der Waals surface area contributed by atoms with Crippen LogP contribution < -0.4 is 15.2 Å². The number of nitro benzene ring substituents is 3. The van der Waals surface area contributed by atoms with Gasteiger partial charge in [0.1, 0.15) is 0 Å². The summed E-state index contributed by atoms with van der Waals surface area (Å²) in [4.78, 5) is 50.3. The first-order chi connectivity index (χ1) is 24.2. The van der Waals surface area contributed by atoms with Crippen LogP contribution in [0.25, 0.3) is 20.5 Å². The number of rotatable bonds is 17. The Morgan fingerprint density at radius 3 is 2.00 bits per heavy atom. The summed E-state index contributed by atoms with van der Waals surface area (Å²) in [6, 6.07) is 10.2. The molecule has 0 N–H and O–H groups in total. The second-order valence-electron chi connectivity index (χ2n) is 11.9. The number of thioether (sulfide) groups is 1. The Morgan fingerprint density at radius 1 is 0.800 bits per heavy atom. The van der Waals surface area contributed by atoms with E-state index in [0.717, 1.165) is 32.4 Å². The zero-order chi connectivity index (χ0) is 35.8. The zero-order valence-corrected chi connectivity index (χ0v) is 30.3. The molecule has 2 aliphatic rings. The Kier molecular flexibility index (Phi) is 12.4. The molecule has 0 atom stereocenters. The van der Waals surface area contributed by atoms with Crippen molar-refractivity contribution in [3.05, 3.63) is 110 Å². The number of hydrogen-bond acceptors (Lipinski definition) is 10. The van der Waals surface area contributed by atoms with E-state index in [0.29, 0.717) is 21.7 Å². The minimum atomic E-state index is -0.911. The third-order valence-corrected chi connectivity index (χ3v) is 12.3. The molecule has 0 saturated heterocycles. The SMILES string of the molecule is CCCCCCCCCCCCOc1ccc(C2=c3cc([N+](=O)[O-])c(=C4SC=C[Se]4)c(C(=O)OC)c3-c3c2cc([N+](=O)[O-])cc3[N+](=O)[O-])cc1. The second kappa shape index (κ2) is 16.9. The first kappa shape index (κ1) is 36.8. The van der Waals surface area contributed by atoms with Crippen molar-refractivity contribution in [3.8, 4) is 16.9 Å². The summed E-state index contributed by atoms with van der Waals surface area (Å²) in [5, 5.41) is 39.0. The molecule has 1 heterocycles. The fourth-order valence-corrected chi connectivity index (χ4v) is 9.62. The number of carbonyl (C=O) groups excluding carboxylic acids is 1. The summed E-state index contributed by atoms with van der Waals surface area (Å²) >= 11 is 0.893. The number of unbranched alkanes of at least 4 members (excludes halogenated alkanes) is 9. The molecule has 1 aliphatic carbocycles. The molecule has 0 aromatic heterocycles. The maximum absolute atomic E-state index is 13.5. The summed E-state index contributed by atoms with van der Waals surface area (Å²) in [5.74, 6) is -0.318. The molecule has 0 radical (unpaired) electrons. The number of hydrogen-bond donors (Lipinski definition) is 0. The standard InChI is InChI=1S/C36H37N3O9SSe/c1-3-4-5-6-7-8-9-10-11-12-17-48-25-15-13-23(14-16-25)30-26-20-24(37(41)42)21-28(38(43)44)31(26)32-27(30)22-29(39(45)46)33(34(32)35(40)47-2)36-49-18-19-50-36/h13-16,18-22H,3-12,17H2,1-2H3. The van der Waals surface area contributed by atoms with Gasteiger partial charge in [0.25, 0.3) is 0 Å². The predicted octanol–water partition coefficient (Wildman–Crippen LogP) is 7.71. The summed E-state index contributed by atoms with van der Waals surface area (Å²) in [6.45, 7) is 2.75. The zero-order valence-electron chi connectivity index (χ0n) is 27.8. The molecule has 1 aliphatic heterocycles. The van der Waals surface area contributed by atoms with E-state index >= 15 is 0 Å². The van der Waals surface area contributed by atoms with Gasteiger partial charge in [-0.3, -0.25) is 0 Å². The third kappa shape index (κ3) is 7.93. The van der Waals surface area contributed by atoms with E-state index in [-0.39, 0.29) is 58.9 Å². The van der Waals surface area contributed by atoms with Crippen molar-refractivity contribution in [2.45, 2.75) is 71.1 Å². The van der Waals surface area contributed by atoms with Crippen LogP contribution in [0, 0.1) is 30.3 Å². The summed E-state index contributed by atoms with van der Waals surface area (Å²) in [6.07, 6.45) is 12.0. The molecule has 0 bridgehead atoms. The van der Waals surface area contributed by atoms with Gasteiger partial charge in [0.2, 0.25) is 0 Å². The Hall–Kier alpha value is -4.52. The summed E-state index contributed by atoms with van der Waals surface area (Å²) in [7, 11) is 1.13. The Labute approximate surface area is 299 Å². The van der Waals surface area contributed by atoms with Gasteiger partial charge in [0, 0.05) is 0 Å². The van der Waals surface area contributed by atoms with E-state index in [2.05, 4.69) is 6.92 Å². The number of nitro groups is 3. The summed E-state index contributed by atoms with van der Waals surface area (Å²) < 4.78 is 11.7. The van der Waals surface area contributed by atoms with Crippen LogP contribution in [-0.4, -0.2) is 49.4 Å². The van der Waals surface area contributed by atoms with Gasteiger partial charge in [-0.1, -0.05) is 64.7 Å². The van der Waals surface area contributed by atoms with Crippen molar-refractivity contribution < 1.29 is 29.0 Å². The van der Waals surface area contributed by atoms with Gasteiger partial charge < -0.3 is 0 Å². The number of methoxy groups -OCH3 is 1. The second-order valence-corrected chi connectivity index (χ2v) is 15.4. The molecule has 0 fully saturated rings. The fourth-order valence-electron chi connectivity index (χ4n) is 6.38. The Balaban J connectivity index is 1.55. The van der Waals surface area contributed by atoms with Gasteiger partial charge in [0.15, 0.2) is 0 Å². The number of carbonyl (C=O) groups is 1. The van der Waals surface area contributed by atoms with E-state index < -0.39 is 32.1 Å². The monoisotopic (exact) mass is 767 g/mol. The van der Waals surface area contributed by atoms with Gasteiger partial charge in [-0.05, 0) is 6.42 Å². The van der Waals surface area contributed by atoms with Gasteiger partial charge in [-0.15, -0.1) is 0 Å². The third-order valence-electron chi connectivity index (χ3n) is 8.71. The van der Waals surface area contributed by atoms with Crippen LogP contribution in [0.4, 0.5) is 17.1 Å². The first-order valence-corrected chi connectivity index (χ1v) is 19.3. The number of non-ortho nitro benzene ring substituents is 2. The average molecular weight is 767 g/mol. The van der Waals surface area contributed by atoms with Crippen molar-refractivity contribution in [3.63, 3.8) is 0 Å². The molecule has 3 aromatic carbocycles. The van der Waals surface area contributed by atoms with E-state index in [1.165, 1.54) is 68.8 Å². The van der Waals surface area contributed by atoms with Gasteiger partial charge in [-0.2, -0.15) is 0 Å². The molecule has 0 saturated carbocycles. The molecule has 0 spiro atoms. The van der Waals surface area contributed by atoms with Crippen LogP contribution in [0.2, 0.25) is 0 Å². The van der Waals surface area contributed by atoms with Crippen molar-refractivity contribution in [2.75, 3.05) is 13.7 Å². The van der Waals surface area contributed by atoms with E-state index in [1.54, 1.807) is 29.7 Å². The molecule has 0 unspecified atom stereocenters. The number of benzene rings is 3. The Bertz CT molecular complexity index is 1970. The normalized spacial score (nSPS) is 14.0. The molecule has 3 aromatic rings. The minimum absolute atomic E-state index is 0.0335. The van der Waals surface area contributed by atoms with Crippen LogP contribution >= 0.6 is 11.8 Å². The molecule has 0 amide bonds. The van der Waals surface area contributed by atoms with Crippen LogP contribution in [0.5, 0.6) is 5.75 Å². The number of ether oxygens (including phenoxy) is 2. The molecule has 262 valence electrons. The molecule has 50 heavy (non-hydrogen) atoms. The summed E-state index contributed by atoms with van der Waals surface area (Å²) in [5.41, 5.74) is -0.754. The molecule has 14 heteroatoms. The average Bonchev–Trinajstić information content (AvgIpc) is 3.76. The van der Waals surface area contributed by atoms with E-state index in [1.807, 2.05) is 4.97 Å². The Morgan fingerprint density at radius 2 is 1.44 bits per heavy atom. The number of fused-ring (bicyclic) bond motifs is 3. The maximum atomic E-state index is 13.5. The van der Waals surface area contributed by atoms with Crippen molar-refractivity contribution in [1.29, 1.82) is 0 Å². The number of nitrogens with zero attached hydrogens (tertiary/aromatic N) is 3. The predicted molar refractivity (Wildman–Crippen MR) is 194 cm³/mol. The number of esters is 1. The fraction of sp³-hybridized carbons (Fsp3) is 0.361. The van der Waals surface area contributed by atoms with Crippen molar-refractivity contribution >= 4 is 59.1 Å².